The van der Waals surface area contributed by atoms with Gasteiger partial charge in [0.1, 0.15) is 18.1 Å². The van der Waals surface area contributed by atoms with E-state index in [2.05, 4.69) is 5.10 Å². The molecule has 2 aromatic carbocycles. The Bertz CT molecular complexity index is 1300. The van der Waals surface area contributed by atoms with E-state index in [-0.39, 0.29) is 12.1 Å². The Morgan fingerprint density at radius 2 is 1.86 bits per heavy atom. The normalized spacial score (nSPS) is 11.4. The Kier molecular flexibility index (Phi) is 4.22. The molecule has 0 atom stereocenters. The zero-order valence-corrected chi connectivity index (χ0v) is 15.4. The van der Waals surface area contributed by atoms with Crippen molar-refractivity contribution in [2.75, 3.05) is 0 Å². The van der Waals surface area contributed by atoms with Gasteiger partial charge in [-0.15, -0.1) is 0 Å². The second kappa shape index (κ2) is 6.60. The Balaban J connectivity index is 2.18. The molecular weight excluding hydrogens is 361 g/mol. The van der Waals surface area contributed by atoms with Gasteiger partial charge in [-0.25, -0.2) is 9.07 Å². The van der Waals surface area contributed by atoms with Crippen molar-refractivity contribution >= 4 is 27.6 Å². The number of nitrogens with zero attached hydrogens (tertiary/aromatic N) is 3. The third-order valence-electron chi connectivity index (χ3n) is 4.98. The monoisotopic (exact) mass is 379 g/mol. The van der Waals surface area contributed by atoms with Crippen LogP contribution in [0, 0.1) is 12.7 Å². The molecule has 2 heterocycles. The van der Waals surface area contributed by atoms with Crippen LogP contribution in [0.25, 0.3) is 32.9 Å². The fourth-order valence-corrected chi connectivity index (χ4v) is 3.73. The predicted octanol–water partition coefficient (Wildman–Crippen LogP) is 3.57. The van der Waals surface area contributed by atoms with E-state index in [1.807, 2.05) is 13.0 Å². The molecule has 0 bridgehead atoms. The molecular formula is C21H18FN3O3. The molecule has 0 spiro atoms. The highest BCUT2D eigenvalue weighted by molar-refractivity contribution is 6.05. The van der Waals surface area contributed by atoms with E-state index in [0.717, 1.165) is 0 Å². The lowest BCUT2D eigenvalue weighted by Crippen LogP contribution is -2.23. The number of hydrogen-bond donors (Lipinski definition) is 1. The van der Waals surface area contributed by atoms with Gasteiger partial charge in [0.25, 0.3) is 5.56 Å². The van der Waals surface area contributed by atoms with Gasteiger partial charge in [0.05, 0.1) is 5.39 Å². The first-order valence-electron chi connectivity index (χ1n) is 8.92. The van der Waals surface area contributed by atoms with Crippen LogP contribution in [0.5, 0.6) is 0 Å². The molecule has 0 aliphatic carbocycles. The SMILES string of the molecule is CCn1nc(-c2c(C)n(CC(=O)O)c3ccc(F)cc23)c2ccccc2c1=O. The van der Waals surface area contributed by atoms with Crippen molar-refractivity contribution < 1.29 is 14.3 Å². The third kappa shape index (κ3) is 2.67. The lowest BCUT2D eigenvalue weighted by molar-refractivity contribution is -0.137. The molecule has 0 amide bonds. The third-order valence-corrected chi connectivity index (χ3v) is 4.98. The van der Waals surface area contributed by atoms with E-state index in [4.69, 9.17) is 0 Å². The summed E-state index contributed by atoms with van der Waals surface area (Å²) in [5, 5.41) is 15.6. The van der Waals surface area contributed by atoms with E-state index in [0.29, 0.717) is 45.2 Å². The van der Waals surface area contributed by atoms with Crippen molar-refractivity contribution in [2.45, 2.75) is 26.9 Å². The van der Waals surface area contributed by atoms with Crippen LogP contribution in [-0.4, -0.2) is 25.4 Å². The van der Waals surface area contributed by atoms with Crippen molar-refractivity contribution in [3.05, 3.63) is 64.3 Å². The first-order chi connectivity index (χ1) is 13.4. The van der Waals surface area contributed by atoms with Crippen molar-refractivity contribution in [3.63, 3.8) is 0 Å². The summed E-state index contributed by atoms with van der Waals surface area (Å²) in [6.07, 6.45) is 0. The highest BCUT2D eigenvalue weighted by atomic mass is 19.1. The van der Waals surface area contributed by atoms with Crippen LogP contribution in [-0.2, 0) is 17.9 Å². The lowest BCUT2D eigenvalue weighted by atomic mass is 10.0. The van der Waals surface area contributed by atoms with Gasteiger partial charge in [-0.3, -0.25) is 9.59 Å². The number of aryl methyl sites for hydroxylation is 1. The quantitative estimate of drug-likeness (QED) is 0.588. The smallest absolute Gasteiger partial charge is 0.323 e. The van der Waals surface area contributed by atoms with E-state index < -0.39 is 11.8 Å². The van der Waals surface area contributed by atoms with Gasteiger partial charge in [0.2, 0.25) is 0 Å². The molecule has 0 radical (unpaired) electrons. The summed E-state index contributed by atoms with van der Waals surface area (Å²) >= 11 is 0. The molecule has 0 saturated heterocycles. The standard InChI is InChI=1S/C21H18FN3O3/c1-3-25-21(28)15-7-5-4-6-14(15)20(23-25)19-12(2)24(11-18(26)27)17-9-8-13(22)10-16(17)19/h4-10H,3,11H2,1-2H3,(H,26,27). The molecule has 0 fully saturated rings. The largest absolute Gasteiger partial charge is 0.480 e. The van der Waals surface area contributed by atoms with Gasteiger partial charge < -0.3 is 9.67 Å². The van der Waals surface area contributed by atoms with Gasteiger partial charge >= 0.3 is 5.97 Å². The van der Waals surface area contributed by atoms with E-state index in [9.17, 15) is 19.1 Å². The summed E-state index contributed by atoms with van der Waals surface area (Å²) in [7, 11) is 0. The fourth-order valence-electron chi connectivity index (χ4n) is 3.73. The zero-order chi connectivity index (χ0) is 20.0. The second-order valence-electron chi connectivity index (χ2n) is 6.62. The summed E-state index contributed by atoms with van der Waals surface area (Å²) in [4.78, 5) is 24.0. The van der Waals surface area contributed by atoms with Crippen molar-refractivity contribution in [2.24, 2.45) is 0 Å². The Morgan fingerprint density at radius 1 is 1.14 bits per heavy atom. The molecule has 7 heteroatoms. The maximum atomic E-state index is 14.1. The molecule has 2 aromatic heterocycles. The molecule has 4 rings (SSSR count). The zero-order valence-electron chi connectivity index (χ0n) is 15.4. The summed E-state index contributed by atoms with van der Waals surface area (Å²) < 4.78 is 17.1. The number of rotatable bonds is 4. The minimum Gasteiger partial charge on any atom is -0.480 e. The number of aromatic nitrogens is 3. The second-order valence-corrected chi connectivity index (χ2v) is 6.62. The highest BCUT2D eigenvalue weighted by Crippen LogP contribution is 2.36. The molecule has 142 valence electrons. The molecule has 0 aliphatic rings. The predicted molar refractivity (Wildman–Crippen MR) is 105 cm³/mol. The maximum absolute atomic E-state index is 14.1. The van der Waals surface area contributed by atoms with Crippen LogP contribution in [0.2, 0.25) is 0 Å². The minimum atomic E-state index is -0.993. The van der Waals surface area contributed by atoms with E-state index >= 15 is 0 Å². The van der Waals surface area contributed by atoms with Crippen molar-refractivity contribution in [1.82, 2.24) is 14.3 Å². The van der Waals surface area contributed by atoms with Gasteiger partial charge in [0.15, 0.2) is 0 Å². The lowest BCUT2D eigenvalue weighted by Gasteiger charge is -2.11. The Labute approximate surface area is 159 Å². The molecule has 0 aliphatic heterocycles. The first kappa shape index (κ1) is 17.9. The fraction of sp³-hybridized carbons (Fsp3) is 0.190. The topological polar surface area (TPSA) is 77.1 Å². The number of hydrogen-bond acceptors (Lipinski definition) is 3. The van der Waals surface area contributed by atoms with Gasteiger partial charge in [-0.1, -0.05) is 18.2 Å². The Hall–Kier alpha value is -3.48. The highest BCUT2D eigenvalue weighted by Gasteiger charge is 2.22. The van der Waals surface area contributed by atoms with E-state index in [1.165, 1.54) is 16.8 Å². The molecule has 28 heavy (non-hydrogen) atoms. The van der Waals surface area contributed by atoms with Gasteiger partial charge in [-0.05, 0) is 38.1 Å². The van der Waals surface area contributed by atoms with Crippen molar-refractivity contribution in [1.29, 1.82) is 0 Å². The number of fused-ring (bicyclic) bond motifs is 2. The number of halogens is 1. The number of benzene rings is 2. The van der Waals surface area contributed by atoms with Gasteiger partial charge in [-0.2, -0.15) is 5.10 Å². The molecule has 0 unspecified atom stereocenters. The van der Waals surface area contributed by atoms with Crippen molar-refractivity contribution in [3.8, 4) is 11.3 Å². The van der Waals surface area contributed by atoms with Crippen LogP contribution in [0.3, 0.4) is 0 Å². The van der Waals surface area contributed by atoms with Crippen LogP contribution in [0.4, 0.5) is 4.39 Å². The first-order valence-corrected chi connectivity index (χ1v) is 8.92. The van der Waals surface area contributed by atoms with E-state index in [1.54, 1.807) is 35.8 Å². The Morgan fingerprint density at radius 3 is 2.54 bits per heavy atom. The number of carbonyl (C=O) groups is 1. The number of carboxylic acids is 1. The number of aliphatic carboxylic acids is 1. The molecule has 4 aromatic rings. The minimum absolute atomic E-state index is 0.194. The average Bonchev–Trinajstić information content (AvgIpc) is 2.93. The molecule has 1 N–H and O–H groups in total. The van der Waals surface area contributed by atoms with Crippen LogP contribution < -0.4 is 5.56 Å². The average molecular weight is 379 g/mol. The summed E-state index contributed by atoms with van der Waals surface area (Å²) in [6.45, 7) is 3.75. The van der Waals surface area contributed by atoms with Crippen LogP contribution in [0.1, 0.15) is 12.6 Å². The number of carboxylic acid groups (broad SMARTS) is 1. The summed E-state index contributed by atoms with van der Waals surface area (Å²) in [5.74, 6) is -1.42. The molecule has 0 saturated carbocycles. The maximum Gasteiger partial charge on any atom is 0.323 e. The van der Waals surface area contributed by atoms with Crippen LogP contribution >= 0.6 is 0 Å². The summed E-state index contributed by atoms with van der Waals surface area (Å²) in [5.41, 5.74) is 2.24. The van der Waals surface area contributed by atoms with Gasteiger partial charge in [0, 0.05) is 34.1 Å². The summed E-state index contributed by atoms with van der Waals surface area (Å²) in [6, 6.07) is 11.4. The van der Waals surface area contributed by atoms with Crippen LogP contribution in [0.15, 0.2) is 47.3 Å². The molecule has 6 nitrogen and oxygen atoms in total.